The topological polar surface area (TPSA) is 0 Å². The first-order valence-electron chi connectivity index (χ1n) is 2.23. The molecule has 0 unspecified atom stereocenters. The summed E-state index contributed by atoms with van der Waals surface area (Å²) in [4.78, 5) is 0. The molecule has 0 atom stereocenters. The van der Waals surface area contributed by atoms with E-state index in [-0.39, 0.29) is 0 Å². The van der Waals surface area contributed by atoms with Gasteiger partial charge in [0.1, 0.15) is 0 Å². The number of hydrogen-bond donors (Lipinski definition) is 0. The summed E-state index contributed by atoms with van der Waals surface area (Å²) in [5.74, 6) is 0. The Balaban J connectivity index is 2.19. The van der Waals surface area contributed by atoms with Crippen molar-refractivity contribution in [3.8, 4) is 0 Å². The van der Waals surface area contributed by atoms with Gasteiger partial charge >= 0.3 is 39.8 Å². The quantitative estimate of drug-likeness (QED) is 0.496. The van der Waals surface area contributed by atoms with Crippen molar-refractivity contribution in [3.05, 3.63) is 0 Å². The summed E-state index contributed by atoms with van der Waals surface area (Å²) in [6.07, 6.45) is 0. The summed E-state index contributed by atoms with van der Waals surface area (Å²) < 4.78 is 0. The molecule has 0 aromatic heterocycles. The molecule has 0 fully saturated rings. The van der Waals surface area contributed by atoms with Crippen LogP contribution in [0, 0.1) is 0 Å². The maximum atomic E-state index is 2.28. The van der Waals surface area contributed by atoms with Crippen LogP contribution in [0.25, 0.3) is 0 Å². The zero-order valence-corrected chi connectivity index (χ0v) is 6.41. The first-order chi connectivity index (χ1) is 2.41. The van der Waals surface area contributed by atoms with Crippen LogP contribution in [0.1, 0.15) is 13.8 Å². The van der Waals surface area contributed by atoms with E-state index in [0.29, 0.717) is 15.4 Å². The van der Waals surface area contributed by atoms with Crippen LogP contribution in [0.3, 0.4) is 0 Å². The fourth-order valence-corrected chi connectivity index (χ4v) is 1.50. The average Bonchev–Trinajstić information content (AvgIpc) is 1.41. The molecule has 0 aromatic rings. The van der Waals surface area contributed by atoms with Gasteiger partial charge in [-0.05, 0) is 0 Å². The molecular weight excluding hydrogens is 121 g/mol. The fourth-order valence-electron chi connectivity index (χ4n) is 0.289. The van der Waals surface area contributed by atoms with Crippen LogP contribution in [-0.2, 0) is 0 Å². The molecule has 0 bridgehead atoms. The van der Waals surface area contributed by atoms with Gasteiger partial charge in [-0.3, -0.25) is 0 Å². The molecule has 0 N–H and O–H groups in total. The Morgan fingerprint density at radius 3 is 1.60 bits per heavy atom. The first kappa shape index (κ1) is 5.54. The third-order valence-electron chi connectivity index (χ3n) is 0.577. The van der Waals surface area contributed by atoms with E-state index in [1.807, 2.05) is 0 Å². The van der Waals surface area contributed by atoms with Crippen molar-refractivity contribution in [3.63, 3.8) is 0 Å². The molecule has 0 nitrogen and oxygen atoms in total. The molecule has 0 aliphatic heterocycles. The van der Waals surface area contributed by atoms with Crippen molar-refractivity contribution in [1.29, 1.82) is 0 Å². The molecule has 5 heavy (non-hydrogen) atoms. The van der Waals surface area contributed by atoms with Crippen molar-refractivity contribution in [2.45, 2.75) is 24.4 Å². The van der Waals surface area contributed by atoms with E-state index >= 15 is 0 Å². The van der Waals surface area contributed by atoms with E-state index in [9.17, 15) is 0 Å². The average molecular weight is 132 g/mol. The van der Waals surface area contributed by atoms with E-state index in [2.05, 4.69) is 13.8 Å². The van der Waals surface area contributed by atoms with Gasteiger partial charge in [-0.2, -0.15) is 0 Å². The predicted octanol–water partition coefficient (Wildman–Crippen LogP) is 1.30. The summed E-state index contributed by atoms with van der Waals surface area (Å²) in [7, 11) is 0. The zero-order chi connectivity index (χ0) is 4.12. The van der Waals surface area contributed by atoms with E-state index in [1.54, 1.807) is 0 Å². The minimum absolute atomic E-state index is 0.312. The molecule has 1 heteroatoms. The summed E-state index contributed by atoms with van der Waals surface area (Å²) in [5, 5.41) is 3.00. The molecule has 0 amide bonds. The van der Waals surface area contributed by atoms with E-state index < -0.39 is 0 Å². The van der Waals surface area contributed by atoms with Crippen LogP contribution < -0.4 is 0 Å². The molecule has 0 saturated heterocycles. The van der Waals surface area contributed by atoms with Crippen LogP contribution in [0.5, 0.6) is 0 Å². The molecule has 0 aliphatic rings. The Labute approximate surface area is 40.4 Å². The molecule has 0 heterocycles. The molecule has 0 rings (SSSR count). The van der Waals surface area contributed by atoms with Gasteiger partial charge in [0.15, 0.2) is 0 Å². The standard InChI is InChI=1S/C4H11Ge/c1-3-5-4-2/h5H,3-4H2,1-2H3. The van der Waals surface area contributed by atoms with Gasteiger partial charge in [0.05, 0.1) is 0 Å². The second kappa shape index (κ2) is 4.54. The zero-order valence-electron chi connectivity index (χ0n) is 3.99. The molecule has 0 aliphatic carbocycles. The summed E-state index contributed by atoms with van der Waals surface area (Å²) >= 11 is 0.312. The summed E-state index contributed by atoms with van der Waals surface area (Å²) in [6.45, 7) is 4.56. The van der Waals surface area contributed by atoms with Crippen molar-refractivity contribution < 1.29 is 0 Å². The molecule has 0 aromatic carbocycles. The SMILES string of the molecule is C[CH2][GeH][CH2]C. The van der Waals surface area contributed by atoms with Crippen molar-refractivity contribution in [2.24, 2.45) is 0 Å². The molecule has 31 valence electrons. The second-order valence-corrected chi connectivity index (χ2v) is 5.74. The monoisotopic (exact) mass is 133 g/mol. The van der Waals surface area contributed by atoms with E-state index in [0.717, 1.165) is 0 Å². The van der Waals surface area contributed by atoms with Crippen LogP contribution in [0.15, 0.2) is 0 Å². The Bertz CT molecular complexity index is 11.1. The van der Waals surface area contributed by atoms with Crippen molar-refractivity contribution in [1.82, 2.24) is 0 Å². The Kier molecular flexibility index (Phi) is 5.04. The van der Waals surface area contributed by atoms with Crippen molar-refractivity contribution in [2.75, 3.05) is 0 Å². The van der Waals surface area contributed by atoms with Gasteiger partial charge < -0.3 is 0 Å². The van der Waals surface area contributed by atoms with Crippen molar-refractivity contribution >= 4 is 15.4 Å². The van der Waals surface area contributed by atoms with Gasteiger partial charge in [-0.1, -0.05) is 0 Å². The van der Waals surface area contributed by atoms with Gasteiger partial charge in [-0.25, -0.2) is 0 Å². The fraction of sp³-hybridized carbons (Fsp3) is 1.00. The first-order valence-corrected chi connectivity index (χ1v) is 5.66. The number of hydrogen-bond acceptors (Lipinski definition) is 0. The molecular formula is C4H11Ge. The van der Waals surface area contributed by atoms with Crippen LogP contribution in [-0.4, -0.2) is 15.4 Å². The Morgan fingerprint density at radius 2 is 1.60 bits per heavy atom. The van der Waals surface area contributed by atoms with Crippen LogP contribution >= 0.6 is 0 Å². The van der Waals surface area contributed by atoms with E-state index in [4.69, 9.17) is 0 Å². The minimum atomic E-state index is 0.312. The van der Waals surface area contributed by atoms with Gasteiger partial charge in [0.2, 0.25) is 0 Å². The van der Waals surface area contributed by atoms with Gasteiger partial charge in [0, 0.05) is 0 Å². The van der Waals surface area contributed by atoms with E-state index in [1.165, 1.54) is 10.5 Å². The molecule has 0 spiro atoms. The molecule has 1 radical (unpaired) electrons. The third kappa shape index (κ3) is 4.54. The number of rotatable bonds is 2. The predicted molar refractivity (Wildman–Crippen MR) is 28.1 cm³/mol. The van der Waals surface area contributed by atoms with Crippen LogP contribution in [0.4, 0.5) is 0 Å². The molecule has 0 saturated carbocycles. The maximum absolute atomic E-state index is 2.28. The summed E-state index contributed by atoms with van der Waals surface area (Å²) in [5.41, 5.74) is 0. The second-order valence-electron chi connectivity index (χ2n) is 1.11. The third-order valence-corrected chi connectivity index (χ3v) is 3.00. The van der Waals surface area contributed by atoms with Crippen LogP contribution in [0.2, 0.25) is 10.5 Å². The van der Waals surface area contributed by atoms with Gasteiger partial charge in [0.25, 0.3) is 0 Å². The Hall–Kier alpha value is 0.543. The van der Waals surface area contributed by atoms with Gasteiger partial charge in [-0.15, -0.1) is 0 Å². The Morgan fingerprint density at radius 1 is 1.20 bits per heavy atom. The summed E-state index contributed by atoms with van der Waals surface area (Å²) in [6, 6.07) is 0. The normalized spacial score (nSPS) is 8.40.